The number of hydrogen-bond acceptors (Lipinski definition) is 2. The summed E-state index contributed by atoms with van der Waals surface area (Å²) in [5.74, 6) is 0.272. The van der Waals surface area contributed by atoms with Crippen LogP contribution in [0.5, 0.6) is 0 Å². The van der Waals surface area contributed by atoms with E-state index >= 15 is 0 Å². The van der Waals surface area contributed by atoms with E-state index in [-0.39, 0.29) is 12.0 Å². The Labute approximate surface area is 82.9 Å². The highest BCUT2D eigenvalue weighted by atomic mass is 19.1. The van der Waals surface area contributed by atoms with Gasteiger partial charge in [0.1, 0.15) is 12.0 Å². The van der Waals surface area contributed by atoms with Crippen molar-refractivity contribution in [2.24, 2.45) is 10.9 Å². The SMILES string of the molecule is CC1C=NC(c2ccc(F)cc2)NC1. The number of rotatable bonds is 1. The van der Waals surface area contributed by atoms with Gasteiger partial charge in [0, 0.05) is 18.7 Å². The smallest absolute Gasteiger partial charge is 0.125 e. The van der Waals surface area contributed by atoms with Gasteiger partial charge in [-0.3, -0.25) is 10.3 Å². The fourth-order valence-electron chi connectivity index (χ4n) is 1.48. The molecule has 2 unspecified atom stereocenters. The van der Waals surface area contributed by atoms with Gasteiger partial charge in [-0.1, -0.05) is 19.1 Å². The maximum absolute atomic E-state index is 12.7. The van der Waals surface area contributed by atoms with E-state index < -0.39 is 0 Å². The zero-order valence-corrected chi connectivity index (χ0v) is 8.07. The van der Waals surface area contributed by atoms with Crippen LogP contribution < -0.4 is 5.32 Å². The molecule has 74 valence electrons. The van der Waals surface area contributed by atoms with Crippen LogP contribution in [0.2, 0.25) is 0 Å². The van der Waals surface area contributed by atoms with Crippen LogP contribution >= 0.6 is 0 Å². The predicted molar refractivity (Wildman–Crippen MR) is 54.8 cm³/mol. The highest BCUT2D eigenvalue weighted by Gasteiger charge is 2.14. The Balaban J connectivity index is 2.16. The van der Waals surface area contributed by atoms with Crippen LogP contribution in [0.3, 0.4) is 0 Å². The number of nitrogens with zero attached hydrogens (tertiary/aromatic N) is 1. The molecule has 0 saturated heterocycles. The van der Waals surface area contributed by atoms with Gasteiger partial charge in [-0.05, 0) is 17.7 Å². The molecule has 2 atom stereocenters. The van der Waals surface area contributed by atoms with E-state index in [1.807, 2.05) is 6.21 Å². The van der Waals surface area contributed by atoms with Crippen LogP contribution in [-0.2, 0) is 0 Å². The zero-order valence-electron chi connectivity index (χ0n) is 8.07. The van der Waals surface area contributed by atoms with E-state index in [9.17, 15) is 4.39 Å². The molecule has 3 heteroatoms. The van der Waals surface area contributed by atoms with Crippen molar-refractivity contribution in [2.75, 3.05) is 6.54 Å². The Kier molecular flexibility index (Phi) is 2.59. The number of aliphatic imine (C=N–C) groups is 1. The second-order valence-electron chi connectivity index (χ2n) is 3.64. The summed E-state index contributed by atoms with van der Waals surface area (Å²) in [5.41, 5.74) is 1.01. The summed E-state index contributed by atoms with van der Waals surface area (Å²) in [6, 6.07) is 6.45. The van der Waals surface area contributed by atoms with Crippen LogP contribution in [0.4, 0.5) is 4.39 Å². The topological polar surface area (TPSA) is 24.4 Å². The van der Waals surface area contributed by atoms with Gasteiger partial charge in [0.05, 0.1) is 0 Å². The summed E-state index contributed by atoms with van der Waals surface area (Å²) in [6.07, 6.45) is 1.94. The molecule has 2 rings (SSSR count). The van der Waals surface area contributed by atoms with E-state index in [2.05, 4.69) is 17.2 Å². The highest BCUT2D eigenvalue weighted by molar-refractivity contribution is 5.61. The number of nitrogens with one attached hydrogen (secondary N) is 1. The van der Waals surface area contributed by atoms with Gasteiger partial charge in [0.15, 0.2) is 0 Å². The van der Waals surface area contributed by atoms with Crippen LogP contribution in [0.1, 0.15) is 18.7 Å². The average molecular weight is 192 g/mol. The molecule has 1 aliphatic heterocycles. The minimum absolute atomic E-state index is 0.00759. The van der Waals surface area contributed by atoms with Crippen molar-refractivity contribution in [3.8, 4) is 0 Å². The molecule has 0 fully saturated rings. The Hall–Kier alpha value is -1.22. The molecule has 0 saturated carbocycles. The summed E-state index contributed by atoms with van der Waals surface area (Å²) in [6.45, 7) is 3.03. The van der Waals surface area contributed by atoms with Crippen molar-refractivity contribution < 1.29 is 4.39 Å². The third kappa shape index (κ3) is 1.99. The molecule has 1 N–H and O–H groups in total. The summed E-state index contributed by atoms with van der Waals surface area (Å²) in [4.78, 5) is 4.35. The Bertz CT molecular complexity index is 332. The first-order valence-electron chi connectivity index (χ1n) is 4.78. The van der Waals surface area contributed by atoms with Gasteiger partial charge in [-0.25, -0.2) is 4.39 Å². The molecule has 1 aliphatic rings. The predicted octanol–water partition coefficient (Wildman–Crippen LogP) is 2.13. The van der Waals surface area contributed by atoms with Gasteiger partial charge in [-0.15, -0.1) is 0 Å². The van der Waals surface area contributed by atoms with Gasteiger partial charge in [0.2, 0.25) is 0 Å². The van der Waals surface area contributed by atoms with Gasteiger partial charge in [0.25, 0.3) is 0 Å². The van der Waals surface area contributed by atoms with Crippen molar-refractivity contribution in [1.82, 2.24) is 5.32 Å². The number of benzene rings is 1. The minimum atomic E-state index is -0.207. The number of hydrogen-bond donors (Lipinski definition) is 1. The standard InChI is InChI=1S/C11H13FN2/c1-8-6-13-11(14-7-8)9-2-4-10(12)5-3-9/h2-6,8,11,14H,7H2,1H3. The largest absolute Gasteiger partial charge is 0.291 e. The van der Waals surface area contributed by atoms with Crippen LogP contribution in [0.25, 0.3) is 0 Å². The van der Waals surface area contributed by atoms with E-state index in [1.165, 1.54) is 12.1 Å². The van der Waals surface area contributed by atoms with Gasteiger partial charge < -0.3 is 0 Å². The van der Waals surface area contributed by atoms with Gasteiger partial charge in [-0.2, -0.15) is 0 Å². The van der Waals surface area contributed by atoms with E-state index in [1.54, 1.807) is 12.1 Å². The Morgan fingerprint density at radius 3 is 2.64 bits per heavy atom. The zero-order chi connectivity index (χ0) is 9.97. The van der Waals surface area contributed by atoms with Crippen molar-refractivity contribution in [3.63, 3.8) is 0 Å². The molecule has 0 amide bonds. The lowest BCUT2D eigenvalue weighted by atomic mass is 10.1. The molecular weight excluding hydrogens is 179 g/mol. The maximum atomic E-state index is 12.7. The van der Waals surface area contributed by atoms with Gasteiger partial charge >= 0.3 is 0 Å². The first-order chi connectivity index (χ1) is 6.75. The normalized spacial score (nSPS) is 26.4. The lowest BCUT2D eigenvalue weighted by Gasteiger charge is -2.21. The molecule has 0 radical (unpaired) electrons. The summed E-state index contributed by atoms with van der Waals surface area (Å²) < 4.78 is 12.7. The maximum Gasteiger partial charge on any atom is 0.125 e. The first kappa shape index (κ1) is 9.34. The monoisotopic (exact) mass is 192 g/mol. The number of halogens is 1. The summed E-state index contributed by atoms with van der Waals surface area (Å²) in [7, 11) is 0. The molecule has 1 aromatic carbocycles. The third-order valence-electron chi connectivity index (χ3n) is 2.31. The Morgan fingerprint density at radius 1 is 1.36 bits per heavy atom. The molecule has 0 spiro atoms. The van der Waals surface area contributed by atoms with Crippen molar-refractivity contribution in [3.05, 3.63) is 35.6 Å². The molecule has 14 heavy (non-hydrogen) atoms. The second kappa shape index (κ2) is 3.88. The van der Waals surface area contributed by atoms with Crippen LogP contribution in [0.15, 0.2) is 29.3 Å². The Morgan fingerprint density at radius 2 is 2.07 bits per heavy atom. The van der Waals surface area contributed by atoms with E-state index in [0.717, 1.165) is 12.1 Å². The van der Waals surface area contributed by atoms with E-state index in [0.29, 0.717) is 5.92 Å². The molecule has 2 nitrogen and oxygen atoms in total. The van der Waals surface area contributed by atoms with Crippen molar-refractivity contribution in [1.29, 1.82) is 0 Å². The molecule has 1 heterocycles. The lowest BCUT2D eigenvalue weighted by molar-refractivity contribution is 0.495. The quantitative estimate of drug-likeness (QED) is 0.724. The summed E-state index contributed by atoms with van der Waals surface area (Å²) in [5, 5.41) is 3.28. The van der Waals surface area contributed by atoms with Crippen molar-refractivity contribution in [2.45, 2.75) is 13.1 Å². The van der Waals surface area contributed by atoms with Crippen LogP contribution in [0, 0.1) is 11.7 Å². The first-order valence-corrected chi connectivity index (χ1v) is 4.78. The van der Waals surface area contributed by atoms with Crippen molar-refractivity contribution >= 4 is 6.21 Å². The van der Waals surface area contributed by atoms with Crippen LogP contribution in [-0.4, -0.2) is 12.8 Å². The molecule has 0 aliphatic carbocycles. The lowest BCUT2D eigenvalue weighted by Crippen LogP contribution is -2.30. The fourth-order valence-corrected chi connectivity index (χ4v) is 1.48. The van der Waals surface area contributed by atoms with E-state index in [4.69, 9.17) is 0 Å². The molecular formula is C11H13FN2. The highest BCUT2D eigenvalue weighted by Crippen LogP contribution is 2.17. The third-order valence-corrected chi connectivity index (χ3v) is 2.31. The minimum Gasteiger partial charge on any atom is -0.291 e. The second-order valence-corrected chi connectivity index (χ2v) is 3.64. The molecule has 0 aromatic heterocycles. The average Bonchev–Trinajstić information content (AvgIpc) is 2.21. The molecule has 1 aromatic rings. The summed E-state index contributed by atoms with van der Waals surface area (Å²) >= 11 is 0. The molecule has 0 bridgehead atoms. The fraction of sp³-hybridized carbons (Fsp3) is 0.364.